The molecule has 2 N–H and O–H groups in total. The molecule has 7 nitrogen and oxygen atoms in total. The summed E-state index contributed by atoms with van der Waals surface area (Å²) in [7, 11) is 0.0620. The predicted molar refractivity (Wildman–Crippen MR) is 77.7 cm³/mol. The second-order valence-corrected chi connectivity index (χ2v) is 7.89. The van der Waals surface area contributed by atoms with Gasteiger partial charge in [0.05, 0.1) is 17.8 Å². The van der Waals surface area contributed by atoms with Crippen molar-refractivity contribution in [1.82, 2.24) is 13.9 Å². The molecule has 0 aromatic rings. The zero-order chi connectivity index (χ0) is 15.6. The van der Waals surface area contributed by atoms with Crippen LogP contribution in [0.5, 0.6) is 0 Å². The molecule has 0 radical (unpaired) electrons. The second kappa shape index (κ2) is 6.67. The Morgan fingerprint density at radius 2 is 1.85 bits per heavy atom. The van der Waals surface area contributed by atoms with Gasteiger partial charge >= 0.3 is 0 Å². The molecule has 8 heteroatoms. The Balaban J connectivity index is 2.61. The quantitative estimate of drug-likeness (QED) is 0.674. The number of morpholine rings is 1. The largest absolute Gasteiger partial charge is 0.387 e. The Morgan fingerprint density at radius 1 is 1.35 bits per heavy atom. The monoisotopic (exact) mass is 309 g/mol. The summed E-state index contributed by atoms with van der Waals surface area (Å²) < 4.78 is 33.9. The molecule has 1 aliphatic rings. The molecule has 1 saturated heterocycles. The fourth-order valence-corrected chi connectivity index (χ4v) is 3.89. The van der Waals surface area contributed by atoms with E-state index in [9.17, 15) is 13.5 Å². The van der Waals surface area contributed by atoms with Crippen molar-refractivity contribution in [1.29, 1.82) is 0 Å². The molecule has 20 heavy (non-hydrogen) atoms. The van der Waals surface area contributed by atoms with Crippen molar-refractivity contribution in [2.45, 2.75) is 38.6 Å². The fourth-order valence-electron chi connectivity index (χ4n) is 2.40. The van der Waals surface area contributed by atoms with Gasteiger partial charge in [-0.1, -0.05) is 0 Å². The number of ether oxygens (including phenoxy) is 1. The second-order valence-electron chi connectivity index (χ2n) is 6.14. The van der Waals surface area contributed by atoms with E-state index in [1.54, 1.807) is 6.92 Å². The fraction of sp³-hybridized carbons (Fsp3) is 1.00. The van der Waals surface area contributed by atoms with Gasteiger partial charge in [0.2, 0.25) is 0 Å². The normalized spacial score (nSPS) is 28.6. The summed E-state index contributed by atoms with van der Waals surface area (Å²) in [5, 5.41) is 10.1. The number of nitrogens with zero attached hydrogens (tertiary/aromatic N) is 2. The zero-order valence-electron chi connectivity index (χ0n) is 13.0. The SMILES string of the molecule is CC1CN(S(=O)(=O)NCC(C)(O)CN(C)C)CC(C)O1. The average Bonchev–Trinajstić information content (AvgIpc) is 2.23. The molecule has 0 spiro atoms. The molecule has 1 fully saturated rings. The maximum absolute atomic E-state index is 12.2. The van der Waals surface area contributed by atoms with E-state index < -0.39 is 15.8 Å². The Kier molecular flexibility index (Phi) is 5.94. The van der Waals surface area contributed by atoms with Crippen LogP contribution in [-0.4, -0.2) is 80.8 Å². The number of likely N-dealkylation sites (N-methyl/N-ethyl adjacent to an activating group) is 1. The van der Waals surface area contributed by atoms with Crippen molar-refractivity contribution < 1.29 is 18.3 Å². The lowest BCUT2D eigenvalue weighted by atomic mass is 10.1. The van der Waals surface area contributed by atoms with Gasteiger partial charge in [0.1, 0.15) is 0 Å². The predicted octanol–water partition coefficient (Wildman–Crippen LogP) is -0.757. The Morgan fingerprint density at radius 3 is 2.30 bits per heavy atom. The van der Waals surface area contributed by atoms with Crippen molar-refractivity contribution in [3.63, 3.8) is 0 Å². The first-order chi connectivity index (χ1) is 9.02. The average molecular weight is 309 g/mol. The number of nitrogens with one attached hydrogen (secondary N) is 1. The van der Waals surface area contributed by atoms with Crippen LogP contribution in [0.15, 0.2) is 0 Å². The van der Waals surface area contributed by atoms with Crippen LogP contribution in [-0.2, 0) is 14.9 Å². The number of aliphatic hydroxyl groups is 1. The van der Waals surface area contributed by atoms with E-state index in [2.05, 4.69) is 4.72 Å². The molecule has 0 aromatic carbocycles. The van der Waals surface area contributed by atoms with Crippen LogP contribution < -0.4 is 4.72 Å². The first-order valence-electron chi connectivity index (χ1n) is 6.79. The molecule has 0 amide bonds. The highest BCUT2D eigenvalue weighted by Gasteiger charge is 2.32. The molecule has 0 aromatic heterocycles. The lowest BCUT2D eigenvalue weighted by Gasteiger charge is -2.35. The third kappa shape index (κ3) is 5.63. The minimum absolute atomic E-state index is 0.0202. The van der Waals surface area contributed by atoms with Crippen molar-refractivity contribution >= 4 is 10.2 Å². The van der Waals surface area contributed by atoms with Crippen LogP contribution in [0.1, 0.15) is 20.8 Å². The molecule has 1 heterocycles. The van der Waals surface area contributed by atoms with Gasteiger partial charge in [-0.15, -0.1) is 0 Å². The molecule has 1 aliphatic heterocycles. The van der Waals surface area contributed by atoms with Gasteiger partial charge < -0.3 is 14.7 Å². The van der Waals surface area contributed by atoms with Gasteiger partial charge in [0.15, 0.2) is 0 Å². The highest BCUT2D eigenvalue weighted by molar-refractivity contribution is 7.87. The molecule has 0 saturated carbocycles. The van der Waals surface area contributed by atoms with Gasteiger partial charge in [-0.2, -0.15) is 17.4 Å². The summed E-state index contributed by atoms with van der Waals surface area (Å²) >= 11 is 0. The maximum atomic E-state index is 12.2. The summed E-state index contributed by atoms with van der Waals surface area (Å²) in [6.45, 7) is 6.32. The minimum Gasteiger partial charge on any atom is -0.387 e. The van der Waals surface area contributed by atoms with Gasteiger partial charge in [-0.25, -0.2) is 0 Å². The molecular formula is C12H27N3O4S. The Labute approximate surface area is 122 Å². The van der Waals surface area contributed by atoms with Gasteiger partial charge in [-0.3, -0.25) is 0 Å². The molecule has 1 rings (SSSR count). The minimum atomic E-state index is -3.59. The van der Waals surface area contributed by atoms with Crippen LogP contribution in [0, 0.1) is 0 Å². The highest BCUT2D eigenvalue weighted by atomic mass is 32.2. The number of hydrogen-bond donors (Lipinski definition) is 2. The lowest BCUT2D eigenvalue weighted by Crippen LogP contribution is -2.55. The standard InChI is InChI=1S/C12H27N3O4S/c1-10-6-15(7-11(2)19-10)20(17,18)13-8-12(3,16)9-14(4)5/h10-11,13,16H,6-9H2,1-5H3. The van der Waals surface area contributed by atoms with E-state index in [1.165, 1.54) is 4.31 Å². The zero-order valence-corrected chi connectivity index (χ0v) is 13.8. The van der Waals surface area contributed by atoms with E-state index in [1.807, 2.05) is 32.8 Å². The van der Waals surface area contributed by atoms with E-state index in [0.29, 0.717) is 19.6 Å². The van der Waals surface area contributed by atoms with E-state index in [0.717, 1.165) is 0 Å². The van der Waals surface area contributed by atoms with Gasteiger partial charge in [0.25, 0.3) is 10.2 Å². The number of rotatable bonds is 6. The van der Waals surface area contributed by atoms with Crippen LogP contribution in [0.3, 0.4) is 0 Å². The summed E-state index contributed by atoms with van der Waals surface area (Å²) in [5.41, 5.74) is -1.11. The van der Waals surface area contributed by atoms with Crippen LogP contribution >= 0.6 is 0 Å². The van der Waals surface area contributed by atoms with Crippen molar-refractivity contribution in [2.24, 2.45) is 0 Å². The summed E-state index contributed by atoms with van der Waals surface area (Å²) in [4.78, 5) is 1.81. The smallest absolute Gasteiger partial charge is 0.279 e. The molecule has 120 valence electrons. The number of hydrogen-bond acceptors (Lipinski definition) is 5. The molecule has 0 aliphatic carbocycles. The highest BCUT2D eigenvalue weighted by Crippen LogP contribution is 2.14. The first-order valence-corrected chi connectivity index (χ1v) is 8.23. The van der Waals surface area contributed by atoms with E-state index in [-0.39, 0.29) is 18.8 Å². The first kappa shape index (κ1) is 17.8. The molecular weight excluding hydrogens is 282 g/mol. The van der Waals surface area contributed by atoms with Crippen molar-refractivity contribution in [3.05, 3.63) is 0 Å². The van der Waals surface area contributed by atoms with Crippen molar-refractivity contribution in [3.8, 4) is 0 Å². The topological polar surface area (TPSA) is 82.1 Å². The Bertz CT molecular complexity index is 401. The van der Waals surface area contributed by atoms with E-state index >= 15 is 0 Å². The summed E-state index contributed by atoms with van der Waals surface area (Å²) in [6, 6.07) is 0. The molecule has 3 unspecified atom stereocenters. The molecule has 0 bridgehead atoms. The molecule has 3 atom stereocenters. The van der Waals surface area contributed by atoms with Crippen LogP contribution in [0.25, 0.3) is 0 Å². The van der Waals surface area contributed by atoms with Crippen molar-refractivity contribution in [2.75, 3.05) is 40.3 Å². The van der Waals surface area contributed by atoms with Gasteiger partial charge in [-0.05, 0) is 34.9 Å². The van der Waals surface area contributed by atoms with Crippen LogP contribution in [0.2, 0.25) is 0 Å². The van der Waals surface area contributed by atoms with Gasteiger partial charge in [0, 0.05) is 26.2 Å². The Hall–Kier alpha value is -0.250. The summed E-state index contributed by atoms with van der Waals surface area (Å²) in [5.74, 6) is 0. The van der Waals surface area contributed by atoms with Crippen LogP contribution in [0.4, 0.5) is 0 Å². The third-order valence-electron chi connectivity index (χ3n) is 3.02. The third-order valence-corrected chi connectivity index (χ3v) is 4.51. The summed E-state index contributed by atoms with van der Waals surface area (Å²) in [6.07, 6.45) is -0.254. The van der Waals surface area contributed by atoms with E-state index in [4.69, 9.17) is 4.74 Å². The lowest BCUT2D eigenvalue weighted by molar-refractivity contribution is -0.0446. The maximum Gasteiger partial charge on any atom is 0.279 e.